The molecule has 0 fully saturated rings. The number of anilines is 1. The van der Waals surface area contributed by atoms with E-state index >= 15 is 0 Å². The van der Waals surface area contributed by atoms with E-state index in [0.29, 0.717) is 0 Å². The maximum Gasteiger partial charge on any atom is 0.417 e. The number of benzene rings is 2. The minimum absolute atomic E-state index is 0.00524. The highest BCUT2D eigenvalue weighted by Gasteiger charge is 2.33. The van der Waals surface area contributed by atoms with Gasteiger partial charge in [-0.05, 0) is 63.8 Å². The Hall–Kier alpha value is -3.82. The average Bonchev–Trinajstić information content (AvgIpc) is 3.54. The van der Waals surface area contributed by atoms with Gasteiger partial charge in [-0.25, -0.2) is 9.78 Å². The molecule has 0 unspecified atom stereocenters. The topological polar surface area (TPSA) is 58.4 Å². The van der Waals surface area contributed by atoms with E-state index < -0.39 is 22.8 Å². The monoisotopic (exact) mass is 526 g/mol. The first-order chi connectivity index (χ1) is 17.3. The first-order valence-corrected chi connectivity index (χ1v) is 12.1. The lowest BCUT2D eigenvalue weighted by Crippen LogP contribution is -2.28. The van der Waals surface area contributed by atoms with Gasteiger partial charge in [-0.3, -0.25) is 4.40 Å². The van der Waals surface area contributed by atoms with Gasteiger partial charge < -0.3 is 10.6 Å². The minimum atomic E-state index is -4.61. The molecule has 2 aromatic carbocycles. The largest absolute Gasteiger partial charge is 0.417 e. The van der Waals surface area contributed by atoms with Gasteiger partial charge in [0, 0.05) is 24.0 Å². The number of hydrogen-bond acceptors (Lipinski definition) is 3. The fourth-order valence-corrected chi connectivity index (χ4v) is 4.66. The molecule has 0 saturated carbocycles. The number of imidazole rings is 1. The van der Waals surface area contributed by atoms with Crippen molar-refractivity contribution < 1.29 is 18.0 Å². The third kappa shape index (κ3) is 5.07. The first kappa shape index (κ1) is 23.9. The molecule has 0 aliphatic heterocycles. The SMILES string of the molecule is O=C(NCc1ccc(-c2cnc3cc(-c4ccsc4)ccn23)cc1)Nc1ccc(Cl)c(C(F)(F)F)c1. The van der Waals surface area contributed by atoms with E-state index in [-0.39, 0.29) is 12.2 Å². The number of pyridine rings is 1. The molecule has 5 rings (SSSR count). The average molecular weight is 527 g/mol. The number of carbonyl (C=O) groups is 1. The second kappa shape index (κ2) is 9.67. The van der Waals surface area contributed by atoms with Crippen LogP contribution in [-0.4, -0.2) is 15.4 Å². The summed E-state index contributed by atoms with van der Waals surface area (Å²) in [7, 11) is 0. The Morgan fingerprint density at radius 2 is 1.81 bits per heavy atom. The highest BCUT2D eigenvalue weighted by atomic mass is 35.5. The molecular weight excluding hydrogens is 509 g/mol. The highest BCUT2D eigenvalue weighted by molar-refractivity contribution is 7.08. The van der Waals surface area contributed by atoms with Gasteiger partial charge in [-0.1, -0.05) is 35.9 Å². The Balaban J connectivity index is 1.24. The van der Waals surface area contributed by atoms with Crippen molar-refractivity contribution in [1.82, 2.24) is 14.7 Å². The Labute approximate surface area is 213 Å². The molecule has 0 radical (unpaired) electrons. The van der Waals surface area contributed by atoms with Crippen LogP contribution in [0.2, 0.25) is 5.02 Å². The zero-order chi connectivity index (χ0) is 25.3. The Kier molecular flexibility index (Phi) is 6.42. The number of nitrogens with one attached hydrogen (secondary N) is 2. The number of nitrogens with zero attached hydrogens (tertiary/aromatic N) is 2. The molecule has 10 heteroatoms. The van der Waals surface area contributed by atoms with Crippen LogP contribution in [0.25, 0.3) is 28.0 Å². The smallest absolute Gasteiger partial charge is 0.334 e. The molecule has 0 saturated heterocycles. The number of hydrogen-bond donors (Lipinski definition) is 2. The molecule has 0 aliphatic carbocycles. The second-order valence-corrected chi connectivity index (χ2v) is 9.18. The summed E-state index contributed by atoms with van der Waals surface area (Å²) in [5.74, 6) is 0. The van der Waals surface area contributed by atoms with Crippen LogP contribution in [0.15, 0.2) is 83.8 Å². The lowest BCUT2D eigenvalue weighted by molar-refractivity contribution is -0.137. The predicted octanol–water partition coefficient (Wildman–Crippen LogP) is 7.72. The van der Waals surface area contributed by atoms with Crippen LogP contribution in [-0.2, 0) is 12.7 Å². The van der Waals surface area contributed by atoms with Crippen LogP contribution in [0.3, 0.4) is 0 Å². The van der Waals surface area contributed by atoms with Gasteiger partial charge in [0.25, 0.3) is 0 Å². The number of aromatic nitrogens is 2. The van der Waals surface area contributed by atoms with Gasteiger partial charge in [-0.2, -0.15) is 24.5 Å². The Morgan fingerprint density at radius 3 is 2.53 bits per heavy atom. The molecule has 3 aromatic heterocycles. The van der Waals surface area contributed by atoms with Gasteiger partial charge in [0.15, 0.2) is 0 Å². The van der Waals surface area contributed by atoms with Crippen LogP contribution in [0.1, 0.15) is 11.1 Å². The number of urea groups is 1. The summed E-state index contributed by atoms with van der Waals surface area (Å²) in [6, 6.07) is 16.4. The molecule has 2 amide bonds. The summed E-state index contributed by atoms with van der Waals surface area (Å²) < 4.78 is 41.1. The Morgan fingerprint density at radius 1 is 1.00 bits per heavy atom. The fraction of sp³-hybridized carbons (Fsp3) is 0.0769. The van der Waals surface area contributed by atoms with Crippen molar-refractivity contribution in [2.45, 2.75) is 12.7 Å². The van der Waals surface area contributed by atoms with Crippen LogP contribution in [0.4, 0.5) is 23.7 Å². The summed E-state index contributed by atoms with van der Waals surface area (Å²) in [5.41, 5.74) is 4.81. The Bertz CT molecular complexity index is 1530. The summed E-state index contributed by atoms with van der Waals surface area (Å²) in [5, 5.41) is 8.75. The molecule has 0 aliphatic rings. The third-order valence-corrected chi connectivity index (χ3v) is 6.61. The van der Waals surface area contributed by atoms with Gasteiger partial charge in [0.2, 0.25) is 0 Å². The van der Waals surface area contributed by atoms with E-state index in [0.717, 1.165) is 45.7 Å². The fourth-order valence-electron chi connectivity index (χ4n) is 3.77. The molecule has 36 heavy (non-hydrogen) atoms. The lowest BCUT2D eigenvalue weighted by Gasteiger charge is -2.12. The predicted molar refractivity (Wildman–Crippen MR) is 136 cm³/mol. The number of fused-ring (bicyclic) bond motifs is 1. The van der Waals surface area contributed by atoms with Crippen molar-refractivity contribution >= 4 is 40.3 Å². The molecule has 0 spiro atoms. The van der Waals surface area contributed by atoms with E-state index in [1.54, 1.807) is 11.3 Å². The van der Waals surface area contributed by atoms with Crippen LogP contribution < -0.4 is 10.6 Å². The normalized spacial score (nSPS) is 11.6. The van der Waals surface area contributed by atoms with Crippen molar-refractivity contribution in [3.05, 3.63) is 100.0 Å². The molecule has 0 atom stereocenters. The van der Waals surface area contributed by atoms with Gasteiger partial charge in [0.05, 0.1) is 22.5 Å². The zero-order valence-corrected chi connectivity index (χ0v) is 20.1. The van der Waals surface area contributed by atoms with E-state index in [1.165, 1.54) is 6.07 Å². The molecule has 5 nitrogen and oxygen atoms in total. The zero-order valence-electron chi connectivity index (χ0n) is 18.5. The molecule has 5 aromatic rings. The van der Waals surface area contributed by atoms with E-state index in [2.05, 4.69) is 33.1 Å². The quantitative estimate of drug-likeness (QED) is 0.246. The van der Waals surface area contributed by atoms with Crippen molar-refractivity contribution in [1.29, 1.82) is 0 Å². The number of alkyl halides is 3. The molecule has 182 valence electrons. The summed E-state index contributed by atoms with van der Waals surface area (Å²) >= 11 is 7.26. The second-order valence-electron chi connectivity index (χ2n) is 8.00. The molecule has 3 heterocycles. The molecular formula is C26H18ClF3N4OS. The van der Waals surface area contributed by atoms with Crippen LogP contribution in [0.5, 0.6) is 0 Å². The summed E-state index contributed by atoms with van der Waals surface area (Å²) in [4.78, 5) is 16.7. The van der Waals surface area contributed by atoms with Crippen molar-refractivity contribution in [3.63, 3.8) is 0 Å². The highest BCUT2D eigenvalue weighted by Crippen LogP contribution is 2.36. The van der Waals surface area contributed by atoms with Crippen molar-refractivity contribution in [2.75, 3.05) is 5.32 Å². The number of amides is 2. The summed E-state index contributed by atoms with van der Waals surface area (Å²) in [6.45, 7) is 0.197. The number of carbonyl (C=O) groups excluding carboxylic acids is 1. The molecule has 0 bridgehead atoms. The van der Waals surface area contributed by atoms with Crippen LogP contribution in [0, 0.1) is 0 Å². The standard InChI is InChI=1S/C26H18ClF3N4OS/c27-22-6-5-20(12-21(22)26(28,29)30)33-25(35)32-13-16-1-3-17(4-2-16)23-14-31-24-11-18(7-9-34(23)24)19-8-10-36-15-19/h1-12,14-15H,13H2,(H2,32,33,35). The van der Waals surface area contributed by atoms with Gasteiger partial charge in [-0.15, -0.1) is 0 Å². The van der Waals surface area contributed by atoms with Crippen molar-refractivity contribution in [2.24, 2.45) is 0 Å². The maximum absolute atomic E-state index is 13.0. The summed E-state index contributed by atoms with van der Waals surface area (Å²) in [6.07, 6.45) is -0.805. The van der Waals surface area contributed by atoms with Gasteiger partial charge >= 0.3 is 12.2 Å². The van der Waals surface area contributed by atoms with E-state index in [1.807, 2.05) is 52.5 Å². The third-order valence-electron chi connectivity index (χ3n) is 5.60. The first-order valence-electron chi connectivity index (χ1n) is 10.8. The van der Waals surface area contributed by atoms with Gasteiger partial charge in [0.1, 0.15) is 5.65 Å². The molecule has 2 N–H and O–H groups in total. The lowest BCUT2D eigenvalue weighted by atomic mass is 10.1. The minimum Gasteiger partial charge on any atom is -0.334 e. The maximum atomic E-state index is 13.0. The van der Waals surface area contributed by atoms with E-state index in [4.69, 9.17) is 11.6 Å². The van der Waals surface area contributed by atoms with Crippen LogP contribution >= 0.6 is 22.9 Å². The van der Waals surface area contributed by atoms with E-state index in [9.17, 15) is 18.0 Å². The number of thiophene rings is 1. The number of rotatable bonds is 5. The van der Waals surface area contributed by atoms with Crippen molar-refractivity contribution in [3.8, 4) is 22.4 Å². The number of halogens is 4.